The molecular formula is C14H16BrNS. The highest BCUT2D eigenvalue weighted by Gasteiger charge is 2.29. The second-order valence-corrected chi connectivity index (χ2v) is 7.00. The molecule has 1 nitrogen and oxygen atoms in total. The summed E-state index contributed by atoms with van der Waals surface area (Å²) in [6.45, 7) is 2.29. The number of halogens is 1. The molecule has 0 amide bonds. The van der Waals surface area contributed by atoms with Crippen LogP contribution >= 0.6 is 27.7 Å². The van der Waals surface area contributed by atoms with Crippen molar-refractivity contribution in [3.8, 4) is 6.07 Å². The van der Waals surface area contributed by atoms with Crippen molar-refractivity contribution in [2.75, 3.05) is 0 Å². The first kappa shape index (κ1) is 13.0. The lowest BCUT2D eigenvalue weighted by Crippen LogP contribution is -2.24. The smallest absolute Gasteiger partial charge is 0.0667 e. The lowest BCUT2D eigenvalue weighted by atomic mass is 9.83. The van der Waals surface area contributed by atoms with E-state index in [4.69, 9.17) is 0 Å². The maximum absolute atomic E-state index is 9.21. The van der Waals surface area contributed by atoms with Gasteiger partial charge in [-0.15, -0.1) is 11.8 Å². The Bertz CT molecular complexity index is 426. The molecule has 1 saturated carbocycles. The molecule has 3 heteroatoms. The molecule has 0 spiro atoms. The van der Waals surface area contributed by atoms with Crippen LogP contribution in [0.5, 0.6) is 0 Å². The van der Waals surface area contributed by atoms with Gasteiger partial charge in [0.15, 0.2) is 0 Å². The third kappa shape index (κ3) is 3.50. The summed E-state index contributed by atoms with van der Waals surface area (Å²) in [6, 6.07) is 10.8. The quantitative estimate of drug-likeness (QED) is 0.778. The molecule has 1 fully saturated rings. The topological polar surface area (TPSA) is 23.8 Å². The molecule has 90 valence electrons. The summed E-state index contributed by atoms with van der Waals surface area (Å²) in [5.74, 6) is 0.972. The van der Waals surface area contributed by atoms with E-state index in [1.807, 2.05) is 17.8 Å². The van der Waals surface area contributed by atoms with Gasteiger partial charge in [0.2, 0.25) is 0 Å². The first-order valence-corrected chi connectivity index (χ1v) is 7.68. The van der Waals surface area contributed by atoms with E-state index < -0.39 is 0 Å². The first-order valence-electron chi connectivity index (χ1n) is 6.01. The summed E-state index contributed by atoms with van der Waals surface area (Å²) in [4.78, 5) is 1.26. The van der Waals surface area contributed by atoms with Gasteiger partial charge in [0.1, 0.15) is 0 Å². The number of nitriles is 1. The van der Waals surface area contributed by atoms with Gasteiger partial charge in [-0.1, -0.05) is 28.9 Å². The molecule has 1 aromatic carbocycles. The predicted molar refractivity (Wildman–Crippen MR) is 75.9 cm³/mol. The minimum atomic E-state index is 0.218. The average molecular weight is 310 g/mol. The molecule has 0 aliphatic heterocycles. The van der Waals surface area contributed by atoms with Gasteiger partial charge < -0.3 is 0 Å². The molecule has 3 atom stereocenters. The number of rotatable bonds is 2. The van der Waals surface area contributed by atoms with Crippen LogP contribution in [0.25, 0.3) is 0 Å². The molecule has 1 aliphatic rings. The molecule has 0 N–H and O–H groups in total. The fraction of sp³-hybridized carbons (Fsp3) is 0.500. The van der Waals surface area contributed by atoms with Crippen LogP contribution in [0, 0.1) is 23.2 Å². The van der Waals surface area contributed by atoms with Gasteiger partial charge >= 0.3 is 0 Å². The van der Waals surface area contributed by atoms with E-state index in [-0.39, 0.29) is 5.92 Å². The van der Waals surface area contributed by atoms with Crippen LogP contribution in [-0.2, 0) is 0 Å². The van der Waals surface area contributed by atoms with Gasteiger partial charge in [-0.05, 0) is 43.4 Å². The summed E-state index contributed by atoms with van der Waals surface area (Å²) >= 11 is 5.36. The molecule has 0 heterocycles. The van der Waals surface area contributed by atoms with Crippen molar-refractivity contribution < 1.29 is 0 Å². The number of hydrogen-bond donors (Lipinski definition) is 0. The average Bonchev–Trinajstić information content (AvgIpc) is 2.29. The van der Waals surface area contributed by atoms with Crippen LogP contribution in [-0.4, -0.2) is 5.25 Å². The number of thioether (sulfide) groups is 1. The Hall–Kier alpha value is -0.460. The van der Waals surface area contributed by atoms with Gasteiger partial charge in [0.05, 0.1) is 12.0 Å². The van der Waals surface area contributed by atoms with Crippen LogP contribution in [0.15, 0.2) is 33.6 Å². The molecule has 2 rings (SSSR count). The van der Waals surface area contributed by atoms with Gasteiger partial charge in [0, 0.05) is 14.6 Å². The van der Waals surface area contributed by atoms with Gasteiger partial charge in [-0.3, -0.25) is 0 Å². The summed E-state index contributed by atoms with van der Waals surface area (Å²) < 4.78 is 1.11. The Balaban J connectivity index is 2.08. The molecular weight excluding hydrogens is 294 g/mol. The van der Waals surface area contributed by atoms with Crippen molar-refractivity contribution in [2.45, 2.75) is 36.3 Å². The molecule has 1 aromatic rings. The van der Waals surface area contributed by atoms with Crippen LogP contribution < -0.4 is 0 Å². The zero-order chi connectivity index (χ0) is 12.3. The first-order chi connectivity index (χ1) is 8.19. The van der Waals surface area contributed by atoms with Crippen molar-refractivity contribution in [2.24, 2.45) is 11.8 Å². The Labute approximate surface area is 116 Å². The van der Waals surface area contributed by atoms with Crippen molar-refractivity contribution >= 4 is 27.7 Å². The van der Waals surface area contributed by atoms with E-state index >= 15 is 0 Å². The van der Waals surface area contributed by atoms with E-state index in [0.29, 0.717) is 5.25 Å². The Morgan fingerprint density at radius 2 is 2.24 bits per heavy atom. The third-order valence-electron chi connectivity index (χ3n) is 3.30. The third-order valence-corrected chi connectivity index (χ3v) is 5.15. The predicted octanol–water partition coefficient (Wildman–Crippen LogP) is 4.87. The maximum Gasteiger partial charge on any atom is 0.0667 e. The number of nitrogens with zero attached hydrogens (tertiary/aromatic N) is 1. The fourth-order valence-corrected chi connectivity index (χ4v) is 4.36. The minimum absolute atomic E-state index is 0.218. The summed E-state index contributed by atoms with van der Waals surface area (Å²) in [6.07, 6.45) is 3.42. The van der Waals surface area contributed by atoms with Crippen molar-refractivity contribution in [3.05, 3.63) is 28.7 Å². The molecule has 0 aromatic heterocycles. The maximum atomic E-state index is 9.21. The zero-order valence-electron chi connectivity index (χ0n) is 9.90. The summed E-state index contributed by atoms with van der Waals surface area (Å²) in [5, 5.41) is 9.66. The van der Waals surface area contributed by atoms with E-state index in [0.717, 1.165) is 23.2 Å². The Morgan fingerprint density at radius 3 is 2.94 bits per heavy atom. The number of benzene rings is 1. The fourth-order valence-electron chi connectivity index (χ4n) is 2.32. The summed E-state index contributed by atoms with van der Waals surface area (Å²) in [7, 11) is 0. The summed E-state index contributed by atoms with van der Waals surface area (Å²) in [5.41, 5.74) is 0. The Morgan fingerprint density at radius 1 is 1.41 bits per heavy atom. The molecule has 0 radical (unpaired) electrons. The molecule has 3 unspecified atom stereocenters. The highest BCUT2D eigenvalue weighted by molar-refractivity contribution is 9.10. The van der Waals surface area contributed by atoms with Crippen molar-refractivity contribution in [1.82, 2.24) is 0 Å². The van der Waals surface area contributed by atoms with E-state index in [9.17, 15) is 5.26 Å². The molecule has 1 aliphatic carbocycles. The van der Waals surface area contributed by atoms with Crippen LogP contribution in [0.2, 0.25) is 0 Å². The van der Waals surface area contributed by atoms with Crippen LogP contribution in [0.3, 0.4) is 0 Å². The lowest BCUT2D eigenvalue weighted by Gasteiger charge is -2.30. The monoisotopic (exact) mass is 309 g/mol. The molecule has 0 bridgehead atoms. The van der Waals surface area contributed by atoms with Gasteiger partial charge in [-0.2, -0.15) is 5.26 Å². The molecule has 0 saturated heterocycles. The van der Waals surface area contributed by atoms with Gasteiger partial charge in [0.25, 0.3) is 0 Å². The van der Waals surface area contributed by atoms with Crippen molar-refractivity contribution in [3.63, 3.8) is 0 Å². The Kier molecular flexibility index (Phi) is 4.53. The molecule has 17 heavy (non-hydrogen) atoms. The van der Waals surface area contributed by atoms with E-state index in [1.165, 1.54) is 11.3 Å². The SMILES string of the molecule is CC1CCC(C#N)C(Sc2cccc(Br)c2)C1. The lowest BCUT2D eigenvalue weighted by molar-refractivity contribution is 0.346. The van der Waals surface area contributed by atoms with Gasteiger partial charge in [-0.25, -0.2) is 0 Å². The standard InChI is InChI=1S/C14H16BrNS/c1-10-5-6-11(9-16)14(7-10)17-13-4-2-3-12(15)8-13/h2-4,8,10-11,14H,5-7H2,1H3. The zero-order valence-corrected chi connectivity index (χ0v) is 12.3. The second-order valence-electron chi connectivity index (χ2n) is 4.77. The normalized spacial score (nSPS) is 28.6. The minimum Gasteiger partial charge on any atom is -0.198 e. The largest absolute Gasteiger partial charge is 0.198 e. The van der Waals surface area contributed by atoms with E-state index in [2.05, 4.69) is 47.1 Å². The number of hydrogen-bond acceptors (Lipinski definition) is 2. The van der Waals surface area contributed by atoms with E-state index in [1.54, 1.807) is 0 Å². The van der Waals surface area contributed by atoms with Crippen LogP contribution in [0.1, 0.15) is 26.2 Å². The highest BCUT2D eigenvalue weighted by atomic mass is 79.9. The van der Waals surface area contributed by atoms with Crippen LogP contribution in [0.4, 0.5) is 0 Å². The highest BCUT2D eigenvalue weighted by Crippen LogP contribution is 2.39. The second kappa shape index (κ2) is 5.93. The van der Waals surface area contributed by atoms with Crippen molar-refractivity contribution in [1.29, 1.82) is 5.26 Å².